The van der Waals surface area contributed by atoms with Gasteiger partial charge in [-0.2, -0.15) is 0 Å². The molecule has 0 spiro atoms. The van der Waals surface area contributed by atoms with Gasteiger partial charge in [0.15, 0.2) is 0 Å². The van der Waals surface area contributed by atoms with Gasteiger partial charge in [0.1, 0.15) is 23.9 Å². The van der Waals surface area contributed by atoms with Crippen molar-refractivity contribution in [2.24, 2.45) is 5.73 Å². The number of aliphatic carboxylic acids is 2. The molecule has 0 saturated carbocycles. The number of aromatic amines is 1. The highest BCUT2D eigenvalue weighted by atomic mass is 16.4. The predicted molar refractivity (Wildman–Crippen MR) is 168 cm³/mol. The van der Waals surface area contributed by atoms with E-state index in [0.29, 0.717) is 16.7 Å². The van der Waals surface area contributed by atoms with Crippen molar-refractivity contribution in [2.45, 2.75) is 49.9 Å². The predicted octanol–water partition coefficient (Wildman–Crippen LogP) is 1.24. The van der Waals surface area contributed by atoms with Crippen LogP contribution in [0, 0.1) is 0 Å². The number of carboxylic acid groups (broad SMARTS) is 2. The Morgan fingerprint density at radius 1 is 0.674 bits per heavy atom. The normalized spacial score (nSPS) is 13.6. The Labute approximate surface area is 263 Å². The third-order valence-electron chi connectivity index (χ3n) is 7.37. The van der Waals surface area contributed by atoms with Crippen LogP contribution in [0.4, 0.5) is 0 Å². The zero-order valence-electron chi connectivity index (χ0n) is 24.7. The van der Waals surface area contributed by atoms with E-state index in [-0.39, 0.29) is 25.0 Å². The number of fused-ring (bicyclic) bond motifs is 1. The molecule has 0 bridgehead atoms. The molecule has 0 saturated heterocycles. The minimum absolute atomic E-state index is 0.00985. The number of H-pyrrole nitrogens is 1. The first-order valence-corrected chi connectivity index (χ1v) is 14.5. The number of aromatic nitrogens is 1. The Morgan fingerprint density at radius 2 is 1.26 bits per heavy atom. The average molecular weight is 630 g/mol. The first kappa shape index (κ1) is 33.2. The molecule has 0 fully saturated rings. The number of phenolic OH excluding ortho intramolecular Hbond substituents is 1. The fraction of sp³-hybridized carbons (Fsp3) is 0.242. The van der Waals surface area contributed by atoms with Crippen LogP contribution in [0.15, 0.2) is 85.1 Å². The zero-order chi connectivity index (χ0) is 33.2. The molecule has 4 atom stereocenters. The lowest BCUT2D eigenvalue weighted by Crippen LogP contribution is -2.58. The van der Waals surface area contributed by atoms with Gasteiger partial charge in [0.25, 0.3) is 0 Å². The molecule has 240 valence electrons. The standard InChI is InChI=1S/C33H35N5O8/c34-24(14-20-10-12-22(39)13-11-20)30(42)36-26(15-19-6-2-1-3-7-19)31(43)37-27(17-29(40)41)32(44)38-28(33(45)46)16-21-18-35-25-9-5-4-8-23(21)25/h1-13,18,24,26-28,35,39H,14-17,34H2,(H,36,42)(H,37,43)(H,38,44)(H,40,41)(H,45,46). The SMILES string of the molecule is NC(Cc1ccc(O)cc1)C(=O)NC(Cc1ccccc1)C(=O)NC(CC(=O)O)C(=O)NC(Cc1c[nH]c2ccccc12)C(=O)O. The molecule has 9 N–H and O–H groups in total. The number of benzene rings is 3. The van der Waals surface area contributed by atoms with Gasteiger partial charge in [-0.15, -0.1) is 0 Å². The van der Waals surface area contributed by atoms with E-state index in [9.17, 15) is 39.3 Å². The molecule has 0 radical (unpaired) electrons. The molecule has 4 aromatic rings. The Balaban J connectivity index is 1.49. The molecule has 13 heteroatoms. The van der Waals surface area contributed by atoms with E-state index in [1.807, 2.05) is 12.1 Å². The smallest absolute Gasteiger partial charge is 0.326 e. The van der Waals surface area contributed by atoms with Gasteiger partial charge in [-0.25, -0.2) is 4.79 Å². The van der Waals surface area contributed by atoms with E-state index in [2.05, 4.69) is 20.9 Å². The van der Waals surface area contributed by atoms with E-state index in [0.717, 1.165) is 10.9 Å². The molecule has 0 aliphatic carbocycles. The highest BCUT2D eigenvalue weighted by Crippen LogP contribution is 2.19. The molecule has 3 aromatic carbocycles. The maximum Gasteiger partial charge on any atom is 0.326 e. The number of carbonyl (C=O) groups excluding carboxylic acids is 3. The Morgan fingerprint density at radius 3 is 1.93 bits per heavy atom. The quantitative estimate of drug-likeness (QED) is 0.0946. The molecule has 4 rings (SSSR count). The van der Waals surface area contributed by atoms with E-state index in [4.69, 9.17) is 5.73 Å². The van der Waals surface area contributed by atoms with Crippen LogP contribution in [0.2, 0.25) is 0 Å². The summed E-state index contributed by atoms with van der Waals surface area (Å²) < 4.78 is 0. The summed E-state index contributed by atoms with van der Waals surface area (Å²) in [5, 5.41) is 37.0. The number of aromatic hydroxyl groups is 1. The summed E-state index contributed by atoms with van der Waals surface area (Å²) in [5.41, 5.74) is 8.85. The van der Waals surface area contributed by atoms with Crippen LogP contribution >= 0.6 is 0 Å². The lowest BCUT2D eigenvalue weighted by Gasteiger charge is -2.25. The van der Waals surface area contributed by atoms with Gasteiger partial charge in [0, 0.05) is 29.9 Å². The van der Waals surface area contributed by atoms with Crippen molar-refractivity contribution in [3.05, 3.63) is 102 Å². The second kappa shape index (κ2) is 15.3. The summed E-state index contributed by atoms with van der Waals surface area (Å²) in [6.07, 6.45) is 0.771. The first-order valence-electron chi connectivity index (χ1n) is 14.5. The molecular formula is C33H35N5O8. The highest BCUT2D eigenvalue weighted by Gasteiger charge is 2.32. The summed E-state index contributed by atoms with van der Waals surface area (Å²) in [6, 6.07) is 16.6. The fourth-order valence-electron chi connectivity index (χ4n) is 4.97. The summed E-state index contributed by atoms with van der Waals surface area (Å²) >= 11 is 0. The summed E-state index contributed by atoms with van der Waals surface area (Å²) in [4.78, 5) is 66.7. The Kier molecular flexibility index (Phi) is 11.1. The third-order valence-corrected chi connectivity index (χ3v) is 7.37. The van der Waals surface area contributed by atoms with E-state index < -0.39 is 60.2 Å². The summed E-state index contributed by atoms with van der Waals surface area (Å²) in [6.45, 7) is 0. The van der Waals surface area contributed by atoms with E-state index in [1.54, 1.807) is 60.8 Å². The molecule has 1 aromatic heterocycles. The zero-order valence-corrected chi connectivity index (χ0v) is 24.7. The molecule has 0 aliphatic rings. The topological polar surface area (TPSA) is 224 Å². The molecule has 3 amide bonds. The number of amides is 3. The van der Waals surface area contributed by atoms with Crippen LogP contribution in [-0.4, -0.2) is 74.1 Å². The van der Waals surface area contributed by atoms with Gasteiger partial charge in [-0.05, 0) is 41.3 Å². The molecule has 4 unspecified atom stereocenters. The van der Waals surface area contributed by atoms with Crippen LogP contribution in [0.5, 0.6) is 5.75 Å². The number of nitrogens with two attached hydrogens (primary N) is 1. The van der Waals surface area contributed by atoms with Crippen LogP contribution in [0.1, 0.15) is 23.1 Å². The maximum absolute atomic E-state index is 13.5. The van der Waals surface area contributed by atoms with Gasteiger partial charge in [0.05, 0.1) is 12.5 Å². The summed E-state index contributed by atoms with van der Waals surface area (Å²) in [5.74, 6) is -5.27. The number of para-hydroxylation sites is 1. The van der Waals surface area contributed by atoms with E-state index in [1.165, 1.54) is 12.1 Å². The number of carbonyl (C=O) groups is 5. The van der Waals surface area contributed by atoms with Crippen LogP contribution in [-0.2, 0) is 43.2 Å². The minimum atomic E-state index is -1.66. The number of rotatable bonds is 15. The van der Waals surface area contributed by atoms with Crippen molar-refractivity contribution in [1.82, 2.24) is 20.9 Å². The number of phenols is 1. The van der Waals surface area contributed by atoms with E-state index >= 15 is 0 Å². The average Bonchev–Trinajstić information content (AvgIpc) is 3.44. The van der Waals surface area contributed by atoms with Gasteiger partial charge >= 0.3 is 11.9 Å². The number of hydrogen-bond acceptors (Lipinski definition) is 7. The largest absolute Gasteiger partial charge is 0.508 e. The molecular weight excluding hydrogens is 594 g/mol. The van der Waals surface area contributed by atoms with Crippen LogP contribution in [0.3, 0.4) is 0 Å². The molecule has 1 heterocycles. The first-order chi connectivity index (χ1) is 22.0. The van der Waals surface area contributed by atoms with Gasteiger partial charge < -0.3 is 42.0 Å². The number of hydrogen-bond donors (Lipinski definition) is 8. The lowest BCUT2D eigenvalue weighted by atomic mass is 10.0. The second-order valence-electron chi connectivity index (χ2n) is 10.9. The minimum Gasteiger partial charge on any atom is -0.508 e. The maximum atomic E-state index is 13.5. The Bertz CT molecular complexity index is 1690. The van der Waals surface area contributed by atoms with Crippen molar-refractivity contribution in [3.8, 4) is 5.75 Å². The highest BCUT2D eigenvalue weighted by molar-refractivity contribution is 5.96. The van der Waals surface area contributed by atoms with Gasteiger partial charge in [-0.3, -0.25) is 19.2 Å². The van der Waals surface area contributed by atoms with Crippen molar-refractivity contribution >= 4 is 40.6 Å². The number of nitrogens with one attached hydrogen (secondary N) is 4. The fourth-order valence-corrected chi connectivity index (χ4v) is 4.97. The molecule has 13 nitrogen and oxygen atoms in total. The van der Waals surface area contributed by atoms with Crippen LogP contribution < -0.4 is 21.7 Å². The van der Waals surface area contributed by atoms with Crippen molar-refractivity contribution < 1.29 is 39.3 Å². The van der Waals surface area contributed by atoms with Crippen molar-refractivity contribution in [2.75, 3.05) is 0 Å². The monoisotopic (exact) mass is 629 g/mol. The van der Waals surface area contributed by atoms with Crippen molar-refractivity contribution in [3.63, 3.8) is 0 Å². The van der Waals surface area contributed by atoms with Crippen molar-refractivity contribution in [1.29, 1.82) is 0 Å². The number of carboxylic acids is 2. The molecule has 46 heavy (non-hydrogen) atoms. The van der Waals surface area contributed by atoms with Gasteiger partial charge in [0.2, 0.25) is 17.7 Å². The molecule has 0 aliphatic heterocycles. The lowest BCUT2D eigenvalue weighted by molar-refractivity contribution is -0.143. The van der Waals surface area contributed by atoms with Crippen LogP contribution in [0.25, 0.3) is 10.9 Å². The Hall–Kier alpha value is -5.69. The third kappa shape index (κ3) is 9.16. The second-order valence-corrected chi connectivity index (χ2v) is 10.9. The summed E-state index contributed by atoms with van der Waals surface area (Å²) in [7, 11) is 0. The van der Waals surface area contributed by atoms with Gasteiger partial charge in [-0.1, -0.05) is 60.7 Å².